The summed E-state index contributed by atoms with van der Waals surface area (Å²) in [4.78, 5) is 11.3. The van der Waals surface area contributed by atoms with Gasteiger partial charge in [0.15, 0.2) is 0 Å². The van der Waals surface area contributed by atoms with E-state index in [-0.39, 0.29) is 5.56 Å². The lowest BCUT2D eigenvalue weighted by molar-refractivity contribution is 0.0600. The van der Waals surface area contributed by atoms with Gasteiger partial charge in [-0.05, 0) is 24.3 Å². The van der Waals surface area contributed by atoms with Crippen LogP contribution in [0.4, 0.5) is 10.1 Å². The Labute approximate surface area is 111 Å². The number of benzene rings is 2. The summed E-state index contributed by atoms with van der Waals surface area (Å²) in [6.45, 7) is 0.358. The van der Waals surface area contributed by atoms with Crippen molar-refractivity contribution in [3.63, 3.8) is 0 Å². The Bertz CT molecular complexity index is 570. The van der Waals surface area contributed by atoms with Gasteiger partial charge in [0.1, 0.15) is 5.82 Å². The zero-order valence-electron chi connectivity index (χ0n) is 10.5. The molecule has 0 aliphatic heterocycles. The van der Waals surface area contributed by atoms with Crippen molar-refractivity contribution in [1.82, 2.24) is 0 Å². The number of esters is 1. The summed E-state index contributed by atoms with van der Waals surface area (Å²) in [5.74, 6) is -0.965. The highest BCUT2D eigenvalue weighted by Gasteiger charge is 2.09. The molecule has 0 aliphatic rings. The average Bonchev–Trinajstić information content (AvgIpc) is 2.46. The van der Waals surface area contributed by atoms with Crippen LogP contribution in [0.1, 0.15) is 15.9 Å². The molecule has 0 spiro atoms. The second-order valence-electron chi connectivity index (χ2n) is 4.02. The minimum absolute atomic E-state index is 0.212. The highest BCUT2D eigenvalue weighted by molar-refractivity contribution is 5.89. The van der Waals surface area contributed by atoms with Crippen LogP contribution in [0.15, 0.2) is 48.5 Å². The van der Waals surface area contributed by atoms with Crippen LogP contribution < -0.4 is 5.32 Å². The molecule has 0 radical (unpaired) electrons. The maximum absolute atomic E-state index is 13.8. The molecule has 0 amide bonds. The molecule has 2 aromatic rings. The molecule has 3 nitrogen and oxygen atoms in total. The molecule has 2 rings (SSSR count). The van der Waals surface area contributed by atoms with Gasteiger partial charge in [-0.1, -0.05) is 24.3 Å². The van der Waals surface area contributed by atoms with Crippen LogP contribution in [0.25, 0.3) is 0 Å². The van der Waals surface area contributed by atoms with Crippen LogP contribution in [-0.2, 0) is 11.3 Å². The van der Waals surface area contributed by atoms with Crippen LogP contribution in [0.3, 0.4) is 0 Å². The molecule has 4 heteroatoms. The van der Waals surface area contributed by atoms with E-state index in [1.54, 1.807) is 12.1 Å². The van der Waals surface area contributed by atoms with Gasteiger partial charge in [-0.25, -0.2) is 9.18 Å². The fourth-order valence-corrected chi connectivity index (χ4v) is 1.69. The summed E-state index contributed by atoms with van der Waals surface area (Å²) < 4.78 is 18.3. The van der Waals surface area contributed by atoms with Gasteiger partial charge in [-0.2, -0.15) is 0 Å². The minimum atomic E-state index is -0.540. The lowest BCUT2D eigenvalue weighted by Crippen LogP contribution is -2.05. The summed E-state index contributed by atoms with van der Waals surface area (Å²) in [6.07, 6.45) is 0. The standard InChI is InChI=1S/C15H14FNO2/c1-19-15(18)11-7-8-12(14(16)9-11)10-17-13-5-3-2-4-6-13/h2-9,17H,10H2,1H3. The molecular formula is C15H14FNO2. The van der Waals surface area contributed by atoms with Crippen molar-refractivity contribution in [2.45, 2.75) is 6.54 Å². The highest BCUT2D eigenvalue weighted by atomic mass is 19.1. The zero-order valence-corrected chi connectivity index (χ0v) is 10.5. The van der Waals surface area contributed by atoms with Gasteiger partial charge in [-0.15, -0.1) is 0 Å². The Kier molecular flexibility index (Phi) is 4.13. The smallest absolute Gasteiger partial charge is 0.337 e. The Morgan fingerprint density at radius 2 is 1.95 bits per heavy atom. The average molecular weight is 259 g/mol. The summed E-state index contributed by atoms with van der Waals surface area (Å²) in [5.41, 5.74) is 1.62. The molecule has 0 aliphatic carbocycles. The first-order chi connectivity index (χ1) is 9.20. The summed E-state index contributed by atoms with van der Waals surface area (Å²) in [5, 5.41) is 3.11. The van der Waals surface area contributed by atoms with Crippen molar-refractivity contribution in [3.8, 4) is 0 Å². The predicted molar refractivity (Wildman–Crippen MR) is 71.5 cm³/mol. The van der Waals surface area contributed by atoms with Crippen molar-refractivity contribution in [1.29, 1.82) is 0 Å². The van der Waals surface area contributed by atoms with Crippen molar-refractivity contribution in [2.24, 2.45) is 0 Å². The number of carbonyl (C=O) groups is 1. The SMILES string of the molecule is COC(=O)c1ccc(CNc2ccccc2)c(F)c1. The summed E-state index contributed by atoms with van der Waals surface area (Å²) in [7, 11) is 1.27. The van der Waals surface area contributed by atoms with E-state index in [9.17, 15) is 9.18 Å². The molecule has 0 saturated carbocycles. The van der Waals surface area contributed by atoms with Gasteiger partial charge < -0.3 is 10.1 Å². The molecule has 0 unspecified atom stereocenters. The third-order valence-corrected chi connectivity index (χ3v) is 2.73. The summed E-state index contributed by atoms with van der Waals surface area (Å²) >= 11 is 0. The lowest BCUT2D eigenvalue weighted by atomic mass is 10.1. The Morgan fingerprint density at radius 3 is 2.58 bits per heavy atom. The van der Waals surface area contributed by atoms with E-state index in [4.69, 9.17) is 0 Å². The Hall–Kier alpha value is -2.36. The van der Waals surface area contributed by atoms with Crippen LogP contribution >= 0.6 is 0 Å². The van der Waals surface area contributed by atoms with Gasteiger partial charge in [-0.3, -0.25) is 0 Å². The van der Waals surface area contributed by atoms with E-state index in [0.717, 1.165) is 5.69 Å². The number of anilines is 1. The Morgan fingerprint density at radius 1 is 1.21 bits per heavy atom. The molecule has 98 valence electrons. The normalized spacial score (nSPS) is 10.0. The second kappa shape index (κ2) is 6.00. The largest absolute Gasteiger partial charge is 0.465 e. The molecule has 2 aromatic carbocycles. The van der Waals surface area contributed by atoms with E-state index in [1.807, 2.05) is 30.3 Å². The monoisotopic (exact) mass is 259 g/mol. The number of hydrogen-bond donors (Lipinski definition) is 1. The van der Waals surface area contributed by atoms with Crippen molar-refractivity contribution in [2.75, 3.05) is 12.4 Å². The molecule has 0 heterocycles. The molecule has 19 heavy (non-hydrogen) atoms. The third-order valence-electron chi connectivity index (χ3n) is 2.73. The number of halogens is 1. The van der Waals surface area contributed by atoms with E-state index in [2.05, 4.69) is 10.1 Å². The van der Waals surface area contributed by atoms with Gasteiger partial charge in [0, 0.05) is 17.8 Å². The summed E-state index contributed by atoms with van der Waals surface area (Å²) in [6, 6.07) is 13.8. The topological polar surface area (TPSA) is 38.3 Å². The van der Waals surface area contributed by atoms with E-state index in [0.29, 0.717) is 12.1 Å². The first-order valence-electron chi connectivity index (χ1n) is 5.86. The van der Waals surface area contributed by atoms with Gasteiger partial charge >= 0.3 is 5.97 Å². The lowest BCUT2D eigenvalue weighted by Gasteiger charge is -2.08. The quantitative estimate of drug-likeness (QED) is 0.857. The van der Waals surface area contributed by atoms with Gasteiger partial charge in [0.05, 0.1) is 12.7 Å². The minimum Gasteiger partial charge on any atom is -0.465 e. The third kappa shape index (κ3) is 3.31. The van der Waals surface area contributed by atoms with Crippen LogP contribution in [0.2, 0.25) is 0 Å². The molecule has 0 fully saturated rings. The van der Waals surface area contributed by atoms with Crippen molar-refractivity contribution in [3.05, 3.63) is 65.5 Å². The first-order valence-corrected chi connectivity index (χ1v) is 5.86. The molecule has 0 atom stereocenters. The van der Waals surface area contributed by atoms with Crippen molar-refractivity contribution < 1.29 is 13.9 Å². The highest BCUT2D eigenvalue weighted by Crippen LogP contribution is 2.14. The zero-order chi connectivity index (χ0) is 13.7. The van der Waals surface area contributed by atoms with Gasteiger partial charge in [0.25, 0.3) is 0 Å². The molecule has 1 N–H and O–H groups in total. The number of carbonyl (C=O) groups excluding carboxylic acids is 1. The molecule has 0 bridgehead atoms. The van der Waals surface area contributed by atoms with E-state index in [1.165, 1.54) is 13.2 Å². The number of para-hydroxylation sites is 1. The van der Waals surface area contributed by atoms with Crippen LogP contribution in [0, 0.1) is 5.82 Å². The number of nitrogens with one attached hydrogen (secondary N) is 1. The maximum Gasteiger partial charge on any atom is 0.337 e. The second-order valence-corrected chi connectivity index (χ2v) is 4.02. The predicted octanol–water partition coefficient (Wildman–Crippen LogP) is 3.22. The fourth-order valence-electron chi connectivity index (χ4n) is 1.69. The number of ether oxygens (including phenoxy) is 1. The number of methoxy groups -OCH3 is 1. The van der Waals surface area contributed by atoms with Crippen molar-refractivity contribution >= 4 is 11.7 Å². The van der Waals surface area contributed by atoms with E-state index >= 15 is 0 Å². The van der Waals surface area contributed by atoms with E-state index < -0.39 is 11.8 Å². The first kappa shape index (κ1) is 13.1. The number of hydrogen-bond acceptors (Lipinski definition) is 3. The van der Waals surface area contributed by atoms with Crippen LogP contribution in [-0.4, -0.2) is 13.1 Å². The fraction of sp³-hybridized carbons (Fsp3) is 0.133. The molecule has 0 aromatic heterocycles. The van der Waals surface area contributed by atoms with Crippen LogP contribution in [0.5, 0.6) is 0 Å². The molecular weight excluding hydrogens is 245 g/mol. The number of rotatable bonds is 4. The molecule has 0 saturated heterocycles. The Balaban J connectivity index is 2.07. The maximum atomic E-state index is 13.8. The van der Waals surface area contributed by atoms with Gasteiger partial charge in [0.2, 0.25) is 0 Å².